The molecule has 9 nitrogen and oxygen atoms in total. The van der Waals surface area contributed by atoms with Crippen LogP contribution in [0.15, 0.2) is 48.5 Å². The first kappa shape index (κ1) is 29.8. The van der Waals surface area contributed by atoms with Gasteiger partial charge in [-0.25, -0.2) is 0 Å². The van der Waals surface area contributed by atoms with Crippen LogP contribution in [-0.2, 0) is 20.9 Å². The number of hydrogen-bond donors (Lipinski definition) is 1. The lowest BCUT2D eigenvalue weighted by Gasteiger charge is -2.33. The molecule has 2 aliphatic rings. The molecule has 0 radical (unpaired) electrons. The summed E-state index contributed by atoms with van der Waals surface area (Å²) in [4.78, 5) is 30.4. The van der Waals surface area contributed by atoms with E-state index in [1.807, 2.05) is 60.4 Å². The molecule has 2 aliphatic heterocycles. The van der Waals surface area contributed by atoms with Gasteiger partial charge in [-0.1, -0.05) is 29.8 Å². The fraction of sp³-hybridized carbons (Fsp3) is 0.548. The van der Waals surface area contributed by atoms with Gasteiger partial charge in [-0.3, -0.25) is 14.5 Å². The topological polar surface area (TPSA) is 91.8 Å². The summed E-state index contributed by atoms with van der Waals surface area (Å²) < 4.78 is 16.9. The molecule has 0 unspecified atom stereocenters. The standard InChI is InChI=1S/C31H43N3O6/c1-25-7-11-28(12-8-25)40-24-31(37)22-32(17-18-34(23-31)30(36)21-38-2)20-26-9-13-27(14-10-26)39-19-5-16-33-15-4-3-6-29(33)35/h7-14,37H,3-6,15-24H2,1-2H3/t31-/m0/s1. The van der Waals surface area contributed by atoms with Crippen molar-refractivity contribution in [2.45, 2.75) is 44.8 Å². The van der Waals surface area contributed by atoms with Crippen molar-refractivity contribution in [2.24, 2.45) is 0 Å². The fourth-order valence-electron chi connectivity index (χ4n) is 5.24. The molecule has 1 N–H and O–H groups in total. The second-order valence-corrected chi connectivity index (χ2v) is 11.0. The molecule has 2 aromatic carbocycles. The van der Waals surface area contributed by atoms with Gasteiger partial charge >= 0.3 is 0 Å². The Morgan fingerprint density at radius 2 is 1.68 bits per heavy atom. The SMILES string of the molecule is COCC(=O)N1CCN(Cc2ccc(OCCCN3CCCCC3=O)cc2)C[C@@](O)(COc2ccc(C)cc2)C1. The predicted molar refractivity (Wildman–Crippen MR) is 152 cm³/mol. The molecule has 218 valence electrons. The molecule has 2 saturated heterocycles. The van der Waals surface area contributed by atoms with E-state index in [2.05, 4.69) is 4.90 Å². The van der Waals surface area contributed by atoms with Crippen molar-refractivity contribution >= 4 is 11.8 Å². The lowest BCUT2D eigenvalue weighted by atomic mass is 10.0. The molecule has 2 heterocycles. The number of aliphatic hydroxyl groups is 1. The summed E-state index contributed by atoms with van der Waals surface area (Å²) in [6.07, 6.45) is 3.56. The van der Waals surface area contributed by atoms with Gasteiger partial charge in [0.1, 0.15) is 30.3 Å². The van der Waals surface area contributed by atoms with Gasteiger partial charge < -0.3 is 29.1 Å². The number of rotatable bonds is 12. The third kappa shape index (κ3) is 8.94. The number of aryl methyl sites for hydroxylation is 1. The predicted octanol–water partition coefficient (Wildman–Crippen LogP) is 2.88. The van der Waals surface area contributed by atoms with Crippen molar-refractivity contribution in [2.75, 3.05) is 66.2 Å². The molecular weight excluding hydrogens is 510 g/mol. The minimum atomic E-state index is -1.25. The highest BCUT2D eigenvalue weighted by Gasteiger charge is 2.37. The summed E-state index contributed by atoms with van der Waals surface area (Å²) in [6.45, 7) is 6.50. The summed E-state index contributed by atoms with van der Waals surface area (Å²) >= 11 is 0. The van der Waals surface area contributed by atoms with Gasteiger partial charge in [0, 0.05) is 52.8 Å². The van der Waals surface area contributed by atoms with Gasteiger partial charge in [0.25, 0.3) is 0 Å². The number of benzene rings is 2. The quantitative estimate of drug-likeness (QED) is 0.404. The summed E-state index contributed by atoms with van der Waals surface area (Å²) in [5, 5.41) is 11.6. The van der Waals surface area contributed by atoms with Crippen LogP contribution in [0.1, 0.15) is 36.8 Å². The zero-order valence-electron chi connectivity index (χ0n) is 23.8. The van der Waals surface area contributed by atoms with Crippen molar-refractivity contribution in [1.82, 2.24) is 14.7 Å². The van der Waals surface area contributed by atoms with E-state index in [-0.39, 0.29) is 31.6 Å². The number of nitrogens with zero attached hydrogens (tertiary/aromatic N) is 3. The Hall–Kier alpha value is -3.14. The zero-order chi connectivity index (χ0) is 28.4. The van der Waals surface area contributed by atoms with Crippen LogP contribution in [0.2, 0.25) is 0 Å². The van der Waals surface area contributed by atoms with E-state index in [9.17, 15) is 14.7 Å². The maximum atomic E-state index is 12.7. The van der Waals surface area contributed by atoms with Crippen LogP contribution in [0, 0.1) is 6.92 Å². The molecule has 0 saturated carbocycles. The molecule has 0 aromatic heterocycles. The van der Waals surface area contributed by atoms with Crippen molar-refractivity contribution in [3.63, 3.8) is 0 Å². The number of carbonyl (C=O) groups excluding carboxylic acids is 2. The number of amides is 2. The third-order valence-electron chi connectivity index (χ3n) is 7.43. The van der Waals surface area contributed by atoms with E-state index in [0.29, 0.717) is 45.0 Å². The van der Waals surface area contributed by atoms with Crippen LogP contribution in [0.5, 0.6) is 11.5 Å². The summed E-state index contributed by atoms with van der Waals surface area (Å²) in [5.41, 5.74) is 0.974. The van der Waals surface area contributed by atoms with Crippen molar-refractivity contribution in [1.29, 1.82) is 0 Å². The molecule has 2 amide bonds. The van der Waals surface area contributed by atoms with Crippen molar-refractivity contribution in [3.8, 4) is 11.5 Å². The Balaban J connectivity index is 1.32. The van der Waals surface area contributed by atoms with E-state index in [4.69, 9.17) is 14.2 Å². The number of hydrogen-bond acceptors (Lipinski definition) is 7. The number of methoxy groups -OCH3 is 1. The molecule has 9 heteroatoms. The van der Waals surface area contributed by atoms with Gasteiger partial charge in [-0.15, -0.1) is 0 Å². The first-order valence-electron chi connectivity index (χ1n) is 14.2. The second-order valence-electron chi connectivity index (χ2n) is 11.0. The third-order valence-corrected chi connectivity index (χ3v) is 7.43. The van der Waals surface area contributed by atoms with Gasteiger partial charge in [-0.2, -0.15) is 0 Å². The number of ether oxygens (including phenoxy) is 3. The number of carbonyl (C=O) groups is 2. The van der Waals surface area contributed by atoms with E-state index in [1.54, 1.807) is 4.90 Å². The second kappa shape index (κ2) is 14.5. The van der Waals surface area contributed by atoms with E-state index >= 15 is 0 Å². The molecular formula is C31H43N3O6. The maximum absolute atomic E-state index is 12.7. The molecule has 0 bridgehead atoms. The highest BCUT2D eigenvalue weighted by atomic mass is 16.5. The number of β-amino-alcohol motifs (C(OH)–C–C–N with tert-alkyl or cyclic N) is 1. The lowest BCUT2D eigenvalue weighted by Crippen LogP contribution is -2.52. The Morgan fingerprint density at radius 1 is 0.950 bits per heavy atom. The first-order chi connectivity index (χ1) is 19.3. The molecule has 0 aliphatic carbocycles. The first-order valence-corrected chi connectivity index (χ1v) is 14.2. The van der Waals surface area contributed by atoms with E-state index < -0.39 is 5.60 Å². The summed E-state index contributed by atoms with van der Waals surface area (Å²) in [7, 11) is 1.50. The largest absolute Gasteiger partial charge is 0.494 e. The van der Waals surface area contributed by atoms with Crippen LogP contribution < -0.4 is 9.47 Å². The lowest BCUT2D eigenvalue weighted by molar-refractivity contribution is -0.138. The monoisotopic (exact) mass is 553 g/mol. The highest BCUT2D eigenvalue weighted by molar-refractivity contribution is 5.77. The number of piperidine rings is 1. The van der Waals surface area contributed by atoms with Crippen LogP contribution in [-0.4, -0.2) is 103 Å². The Morgan fingerprint density at radius 3 is 2.40 bits per heavy atom. The molecule has 4 rings (SSSR count). The van der Waals surface area contributed by atoms with Crippen LogP contribution in [0.4, 0.5) is 0 Å². The summed E-state index contributed by atoms with van der Waals surface area (Å²) in [6, 6.07) is 15.7. The smallest absolute Gasteiger partial charge is 0.248 e. The molecule has 0 spiro atoms. The zero-order valence-corrected chi connectivity index (χ0v) is 23.8. The minimum absolute atomic E-state index is 0.0231. The number of likely N-dealkylation sites (tertiary alicyclic amines) is 1. The Labute approximate surface area is 237 Å². The van der Waals surface area contributed by atoms with Gasteiger partial charge in [0.2, 0.25) is 11.8 Å². The van der Waals surface area contributed by atoms with E-state index in [0.717, 1.165) is 49.2 Å². The Kier molecular flexibility index (Phi) is 10.8. The van der Waals surface area contributed by atoms with Gasteiger partial charge in [0.15, 0.2) is 0 Å². The average molecular weight is 554 g/mol. The van der Waals surface area contributed by atoms with Gasteiger partial charge in [0.05, 0.1) is 13.2 Å². The highest BCUT2D eigenvalue weighted by Crippen LogP contribution is 2.21. The average Bonchev–Trinajstić information content (AvgIpc) is 3.11. The van der Waals surface area contributed by atoms with Crippen molar-refractivity contribution in [3.05, 3.63) is 59.7 Å². The minimum Gasteiger partial charge on any atom is -0.494 e. The van der Waals surface area contributed by atoms with Crippen LogP contribution in [0.25, 0.3) is 0 Å². The maximum Gasteiger partial charge on any atom is 0.248 e. The molecule has 1 atom stereocenters. The molecule has 40 heavy (non-hydrogen) atoms. The molecule has 2 aromatic rings. The van der Waals surface area contributed by atoms with Crippen LogP contribution >= 0.6 is 0 Å². The fourth-order valence-corrected chi connectivity index (χ4v) is 5.24. The summed E-state index contributed by atoms with van der Waals surface area (Å²) in [5.74, 6) is 1.58. The van der Waals surface area contributed by atoms with Crippen LogP contribution in [0.3, 0.4) is 0 Å². The van der Waals surface area contributed by atoms with Gasteiger partial charge in [-0.05, 0) is 56.0 Å². The Bertz CT molecular complexity index is 1090. The normalized spacial score (nSPS) is 20.3. The van der Waals surface area contributed by atoms with Crippen molar-refractivity contribution < 1.29 is 28.9 Å². The molecule has 2 fully saturated rings. The van der Waals surface area contributed by atoms with E-state index in [1.165, 1.54) is 7.11 Å².